The summed E-state index contributed by atoms with van der Waals surface area (Å²) in [5, 5.41) is 5.10. The Labute approximate surface area is 196 Å². The molecule has 0 unspecified atom stereocenters. The SMILES string of the molecule is CC(C)(C)OC(=O)COc1ccc(/C=N\NC(=O)CSCc2c(Cl)cccc2Cl)cc1. The van der Waals surface area contributed by atoms with Gasteiger partial charge in [-0.05, 0) is 68.3 Å². The second-order valence-corrected chi connectivity index (χ2v) is 9.23. The van der Waals surface area contributed by atoms with Crippen LogP contribution in [0.25, 0.3) is 0 Å². The highest BCUT2D eigenvalue weighted by atomic mass is 35.5. The highest BCUT2D eigenvalue weighted by Gasteiger charge is 2.16. The van der Waals surface area contributed by atoms with Crippen molar-refractivity contribution >= 4 is 53.1 Å². The molecule has 0 radical (unpaired) electrons. The molecule has 9 heteroatoms. The fourth-order valence-corrected chi connectivity index (χ4v) is 3.85. The van der Waals surface area contributed by atoms with Crippen LogP contribution in [0.4, 0.5) is 0 Å². The van der Waals surface area contributed by atoms with Gasteiger partial charge in [-0.3, -0.25) is 4.79 Å². The van der Waals surface area contributed by atoms with Crippen molar-refractivity contribution in [1.29, 1.82) is 0 Å². The van der Waals surface area contributed by atoms with E-state index in [-0.39, 0.29) is 18.3 Å². The van der Waals surface area contributed by atoms with E-state index >= 15 is 0 Å². The number of hydrogen-bond acceptors (Lipinski definition) is 6. The van der Waals surface area contributed by atoms with Crippen LogP contribution in [0.15, 0.2) is 47.6 Å². The first-order valence-corrected chi connectivity index (χ1v) is 11.3. The van der Waals surface area contributed by atoms with Crippen molar-refractivity contribution in [2.24, 2.45) is 5.10 Å². The van der Waals surface area contributed by atoms with Crippen molar-refractivity contribution in [3.63, 3.8) is 0 Å². The standard InChI is InChI=1S/C22H24Cl2N2O4S/c1-22(2,3)30-21(28)12-29-16-9-7-15(8-10-16)11-25-26-20(27)14-31-13-17-18(23)5-4-6-19(17)24/h4-11H,12-14H2,1-3H3,(H,26,27)/b25-11-. The minimum atomic E-state index is -0.550. The number of carbonyl (C=O) groups excluding carboxylic acids is 2. The zero-order chi connectivity index (χ0) is 22.9. The maximum atomic E-state index is 11.9. The molecule has 2 rings (SSSR count). The van der Waals surface area contributed by atoms with Gasteiger partial charge in [0.05, 0.1) is 12.0 Å². The minimum Gasteiger partial charge on any atom is -0.482 e. The van der Waals surface area contributed by atoms with E-state index < -0.39 is 11.6 Å². The zero-order valence-corrected chi connectivity index (χ0v) is 19.8. The summed E-state index contributed by atoms with van der Waals surface area (Å²) in [5.74, 6) is 0.607. The van der Waals surface area contributed by atoms with Crippen LogP contribution in [0.5, 0.6) is 5.75 Å². The highest BCUT2D eigenvalue weighted by Crippen LogP contribution is 2.28. The van der Waals surface area contributed by atoms with Crippen molar-refractivity contribution < 1.29 is 19.1 Å². The molecular weight excluding hydrogens is 459 g/mol. The molecule has 0 aliphatic rings. The lowest BCUT2D eigenvalue weighted by Gasteiger charge is -2.19. The van der Waals surface area contributed by atoms with Crippen LogP contribution in [-0.4, -0.2) is 36.1 Å². The fourth-order valence-electron chi connectivity index (χ4n) is 2.29. The topological polar surface area (TPSA) is 77.0 Å². The van der Waals surface area contributed by atoms with Gasteiger partial charge in [-0.15, -0.1) is 11.8 Å². The maximum absolute atomic E-state index is 11.9. The Morgan fingerprint density at radius 3 is 2.35 bits per heavy atom. The number of nitrogens with zero attached hydrogens (tertiary/aromatic N) is 1. The summed E-state index contributed by atoms with van der Waals surface area (Å²) in [7, 11) is 0. The summed E-state index contributed by atoms with van der Waals surface area (Å²) in [6, 6.07) is 12.2. The smallest absolute Gasteiger partial charge is 0.344 e. The maximum Gasteiger partial charge on any atom is 0.344 e. The molecule has 0 atom stereocenters. The van der Waals surface area contributed by atoms with Crippen molar-refractivity contribution in [3.05, 3.63) is 63.6 Å². The summed E-state index contributed by atoms with van der Waals surface area (Å²) >= 11 is 13.6. The number of halogens is 2. The van der Waals surface area contributed by atoms with Crippen molar-refractivity contribution in [1.82, 2.24) is 5.43 Å². The number of carbonyl (C=O) groups is 2. The van der Waals surface area contributed by atoms with E-state index in [1.165, 1.54) is 18.0 Å². The average molecular weight is 483 g/mol. The van der Waals surface area contributed by atoms with Gasteiger partial charge in [0.25, 0.3) is 0 Å². The lowest BCUT2D eigenvalue weighted by Crippen LogP contribution is -2.27. The molecule has 0 bridgehead atoms. The van der Waals surface area contributed by atoms with Crippen molar-refractivity contribution in [3.8, 4) is 5.75 Å². The normalized spacial score (nSPS) is 11.4. The first-order valence-electron chi connectivity index (χ1n) is 9.41. The second-order valence-electron chi connectivity index (χ2n) is 7.43. The van der Waals surface area contributed by atoms with E-state index in [0.29, 0.717) is 21.5 Å². The molecule has 0 heterocycles. The van der Waals surface area contributed by atoms with E-state index in [1.54, 1.807) is 63.2 Å². The van der Waals surface area contributed by atoms with Gasteiger partial charge in [-0.25, -0.2) is 10.2 Å². The number of esters is 1. The minimum absolute atomic E-state index is 0.169. The Balaban J connectivity index is 1.72. The monoisotopic (exact) mass is 482 g/mol. The van der Waals surface area contributed by atoms with Gasteiger partial charge >= 0.3 is 5.97 Å². The predicted octanol–water partition coefficient (Wildman–Crippen LogP) is 5.10. The molecule has 0 fully saturated rings. The Bertz CT molecular complexity index is 908. The third-order valence-electron chi connectivity index (χ3n) is 3.60. The van der Waals surface area contributed by atoms with Gasteiger partial charge in [-0.1, -0.05) is 29.3 Å². The van der Waals surface area contributed by atoms with Crippen LogP contribution in [0.2, 0.25) is 10.0 Å². The van der Waals surface area contributed by atoms with E-state index in [0.717, 1.165) is 11.1 Å². The Morgan fingerprint density at radius 1 is 1.10 bits per heavy atom. The van der Waals surface area contributed by atoms with Gasteiger partial charge in [0.1, 0.15) is 11.4 Å². The Hall–Kier alpha value is -2.22. The summed E-state index contributed by atoms with van der Waals surface area (Å²) < 4.78 is 10.6. The van der Waals surface area contributed by atoms with Gasteiger partial charge in [0.2, 0.25) is 5.91 Å². The van der Waals surface area contributed by atoms with Crippen molar-refractivity contribution in [2.75, 3.05) is 12.4 Å². The van der Waals surface area contributed by atoms with Crippen LogP contribution in [0.1, 0.15) is 31.9 Å². The van der Waals surface area contributed by atoms with Crippen LogP contribution in [-0.2, 0) is 20.1 Å². The van der Waals surface area contributed by atoms with Gasteiger partial charge in [0, 0.05) is 15.8 Å². The number of benzene rings is 2. The molecule has 0 saturated carbocycles. The fraction of sp³-hybridized carbons (Fsp3) is 0.318. The predicted molar refractivity (Wildman–Crippen MR) is 126 cm³/mol. The van der Waals surface area contributed by atoms with E-state index in [2.05, 4.69) is 10.5 Å². The molecule has 6 nitrogen and oxygen atoms in total. The van der Waals surface area contributed by atoms with Crippen LogP contribution in [0.3, 0.4) is 0 Å². The largest absolute Gasteiger partial charge is 0.482 e. The number of amides is 1. The summed E-state index contributed by atoms with van der Waals surface area (Å²) in [6.07, 6.45) is 1.52. The number of nitrogens with one attached hydrogen (secondary N) is 1. The third-order valence-corrected chi connectivity index (χ3v) is 5.27. The number of hydrogen-bond donors (Lipinski definition) is 1. The lowest BCUT2D eigenvalue weighted by molar-refractivity contribution is -0.157. The lowest BCUT2D eigenvalue weighted by atomic mass is 10.2. The highest BCUT2D eigenvalue weighted by molar-refractivity contribution is 7.99. The van der Waals surface area contributed by atoms with E-state index in [1.807, 2.05) is 0 Å². The van der Waals surface area contributed by atoms with Crippen LogP contribution < -0.4 is 10.2 Å². The van der Waals surface area contributed by atoms with Gasteiger partial charge in [0.15, 0.2) is 6.61 Å². The van der Waals surface area contributed by atoms with Gasteiger partial charge in [-0.2, -0.15) is 5.10 Å². The molecule has 31 heavy (non-hydrogen) atoms. The molecule has 1 N–H and O–H groups in total. The third kappa shape index (κ3) is 9.63. The Morgan fingerprint density at radius 2 is 1.74 bits per heavy atom. The molecule has 1 amide bonds. The first-order chi connectivity index (χ1) is 14.6. The molecule has 0 saturated heterocycles. The van der Waals surface area contributed by atoms with E-state index in [9.17, 15) is 9.59 Å². The van der Waals surface area contributed by atoms with Crippen LogP contribution in [0, 0.1) is 0 Å². The quantitative estimate of drug-likeness (QED) is 0.305. The summed E-state index contributed by atoms with van der Waals surface area (Å²) in [6.45, 7) is 5.22. The zero-order valence-electron chi connectivity index (χ0n) is 17.5. The molecule has 0 aliphatic heterocycles. The van der Waals surface area contributed by atoms with E-state index in [4.69, 9.17) is 32.7 Å². The number of hydrazone groups is 1. The number of rotatable bonds is 9. The van der Waals surface area contributed by atoms with Crippen molar-refractivity contribution in [2.45, 2.75) is 32.1 Å². The Kier molecular flexibility index (Phi) is 9.68. The number of ether oxygens (including phenoxy) is 2. The second kappa shape index (κ2) is 12.0. The summed E-state index contributed by atoms with van der Waals surface area (Å²) in [5.41, 5.74) is 3.49. The molecule has 2 aromatic rings. The van der Waals surface area contributed by atoms with Crippen LogP contribution >= 0.6 is 35.0 Å². The number of thioether (sulfide) groups is 1. The van der Waals surface area contributed by atoms with Gasteiger partial charge < -0.3 is 9.47 Å². The average Bonchev–Trinajstić information content (AvgIpc) is 2.68. The molecular formula is C22H24Cl2N2O4S. The molecule has 0 aromatic heterocycles. The molecule has 166 valence electrons. The molecule has 0 aliphatic carbocycles. The summed E-state index contributed by atoms with van der Waals surface area (Å²) in [4.78, 5) is 23.6. The first kappa shape index (κ1) is 25.0. The molecule has 0 spiro atoms. The molecule has 2 aromatic carbocycles.